The van der Waals surface area contributed by atoms with Crippen LogP contribution in [0.4, 0.5) is 17.3 Å². The molecule has 1 aromatic heterocycles. The molecule has 2 rings (SSSR count). The zero-order valence-electron chi connectivity index (χ0n) is 12.6. The van der Waals surface area contributed by atoms with Gasteiger partial charge in [0.1, 0.15) is 17.5 Å². The third-order valence-electron chi connectivity index (χ3n) is 2.91. The number of aryl methyl sites for hydroxylation is 2. The Morgan fingerprint density at radius 1 is 1.05 bits per heavy atom. The van der Waals surface area contributed by atoms with Gasteiger partial charge in [0.05, 0.1) is 0 Å². The van der Waals surface area contributed by atoms with E-state index < -0.39 is 0 Å². The van der Waals surface area contributed by atoms with Gasteiger partial charge in [0.2, 0.25) is 0 Å². The first-order valence-electron chi connectivity index (χ1n) is 7.05. The van der Waals surface area contributed by atoms with E-state index in [1.54, 1.807) is 0 Å². The van der Waals surface area contributed by atoms with Gasteiger partial charge in [-0.1, -0.05) is 19.1 Å². The van der Waals surface area contributed by atoms with Crippen LogP contribution in [0.15, 0.2) is 30.3 Å². The first-order valence-corrected chi connectivity index (χ1v) is 7.05. The van der Waals surface area contributed by atoms with Gasteiger partial charge in [-0.15, -0.1) is 0 Å². The number of benzene rings is 1. The van der Waals surface area contributed by atoms with Crippen LogP contribution in [-0.2, 0) is 6.42 Å². The highest BCUT2D eigenvalue weighted by molar-refractivity contribution is 5.59. The van der Waals surface area contributed by atoms with E-state index >= 15 is 0 Å². The summed E-state index contributed by atoms with van der Waals surface area (Å²) >= 11 is 0. The van der Waals surface area contributed by atoms with Gasteiger partial charge in [-0.25, -0.2) is 9.97 Å². The molecule has 0 radical (unpaired) electrons. The van der Waals surface area contributed by atoms with Gasteiger partial charge in [0, 0.05) is 17.8 Å². The van der Waals surface area contributed by atoms with E-state index in [0.29, 0.717) is 6.04 Å². The Kier molecular flexibility index (Phi) is 4.56. The summed E-state index contributed by atoms with van der Waals surface area (Å²) in [6, 6.07) is 10.7. The molecule has 1 aromatic carbocycles. The van der Waals surface area contributed by atoms with Gasteiger partial charge in [0.15, 0.2) is 0 Å². The second kappa shape index (κ2) is 6.37. The molecule has 0 atom stereocenters. The second-order valence-electron chi connectivity index (χ2n) is 5.16. The normalized spacial score (nSPS) is 10.7. The van der Waals surface area contributed by atoms with Crippen LogP contribution in [0.1, 0.15) is 32.2 Å². The summed E-state index contributed by atoms with van der Waals surface area (Å²) in [7, 11) is 0. The lowest BCUT2D eigenvalue weighted by Gasteiger charge is -2.12. The van der Waals surface area contributed by atoms with Gasteiger partial charge in [-0.05, 0) is 44.9 Å². The van der Waals surface area contributed by atoms with Crippen molar-refractivity contribution in [2.45, 2.75) is 40.2 Å². The summed E-state index contributed by atoms with van der Waals surface area (Å²) in [4.78, 5) is 8.80. The zero-order valence-corrected chi connectivity index (χ0v) is 12.6. The number of rotatable bonds is 5. The van der Waals surface area contributed by atoms with E-state index in [9.17, 15) is 0 Å². The van der Waals surface area contributed by atoms with Crippen molar-refractivity contribution in [3.63, 3.8) is 0 Å². The minimum atomic E-state index is 0.348. The predicted octanol–water partition coefficient (Wildman–Crippen LogP) is 3.91. The predicted molar refractivity (Wildman–Crippen MR) is 84.6 cm³/mol. The van der Waals surface area contributed by atoms with Crippen molar-refractivity contribution in [1.29, 1.82) is 0 Å². The Morgan fingerprint density at radius 3 is 2.30 bits per heavy atom. The number of anilines is 3. The van der Waals surface area contributed by atoms with Gasteiger partial charge in [-0.3, -0.25) is 0 Å². The summed E-state index contributed by atoms with van der Waals surface area (Å²) in [5.74, 6) is 2.41. The fourth-order valence-electron chi connectivity index (χ4n) is 1.97. The SMILES string of the molecule is CCc1ccc(Nc2cc(NC(C)C)nc(C)n2)cc1. The van der Waals surface area contributed by atoms with Crippen LogP contribution in [0.5, 0.6) is 0 Å². The number of nitrogens with one attached hydrogen (secondary N) is 2. The van der Waals surface area contributed by atoms with E-state index in [1.807, 2.05) is 13.0 Å². The lowest BCUT2D eigenvalue weighted by Crippen LogP contribution is -2.12. The van der Waals surface area contributed by atoms with E-state index in [4.69, 9.17) is 0 Å². The van der Waals surface area contributed by atoms with Crippen molar-refractivity contribution in [3.05, 3.63) is 41.7 Å². The maximum atomic E-state index is 4.42. The largest absolute Gasteiger partial charge is 0.368 e. The minimum Gasteiger partial charge on any atom is -0.368 e. The van der Waals surface area contributed by atoms with Crippen LogP contribution >= 0.6 is 0 Å². The Hall–Kier alpha value is -2.10. The highest BCUT2D eigenvalue weighted by Gasteiger charge is 2.03. The van der Waals surface area contributed by atoms with Crippen molar-refractivity contribution >= 4 is 17.3 Å². The van der Waals surface area contributed by atoms with E-state index in [-0.39, 0.29) is 0 Å². The molecule has 4 nitrogen and oxygen atoms in total. The molecule has 4 heteroatoms. The Morgan fingerprint density at radius 2 is 1.70 bits per heavy atom. The molecule has 0 saturated carbocycles. The van der Waals surface area contributed by atoms with Gasteiger partial charge < -0.3 is 10.6 Å². The maximum Gasteiger partial charge on any atom is 0.136 e. The van der Waals surface area contributed by atoms with Crippen LogP contribution in [-0.4, -0.2) is 16.0 Å². The van der Waals surface area contributed by atoms with Crippen LogP contribution in [0.3, 0.4) is 0 Å². The quantitative estimate of drug-likeness (QED) is 0.864. The van der Waals surface area contributed by atoms with Crippen molar-refractivity contribution < 1.29 is 0 Å². The summed E-state index contributed by atoms with van der Waals surface area (Å²) < 4.78 is 0. The molecule has 0 aliphatic heterocycles. The van der Waals surface area contributed by atoms with Crippen LogP contribution in [0.2, 0.25) is 0 Å². The molecule has 0 unspecified atom stereocenters. The molecule has 2 N–H and O–H groups in total. The number of hydrogen-bond acceptors (Lipinski definition) is 4. The van der Waals surface area contributed by atoms with E-state index in [2.05, 4.69) is 65.6 Å². The average Bonchev–Trinajstić information content (AvgIpc) is 2.38. The Balaban J connectivity index is 2.17. The summed E-state index contributed by atoms with van der Waals surface area (Å²) in [5, 5.41) is 6.62. The zero-order chi connectivity index (χ0) is 14.5. The molecule has 0 aliphatic rings. The number of nitrogens with zero attached hydrogens (tertiary/aromatic N) is 2. The standard InChI is InChI=1S/C16H22N4/c1-5-13-6-8-14(9-7-13)20-16-10-15(17-11(2)3)18-12(4)19-16/h6-11H,5H2,1-4H3,(H2,17,18,19,20). The molecule has 0 amide bonds. The molecule has 20 heavy (non-hydrogen) atoms. The lowest BCUT2D eigenvalue weighted by molar-refractivity contribution is 0.881. The maximum absolute atomic E-state index is 4.42. The summed E-state index contributed by atoms with van der Waals surface area (Å²) in [6.07, 6.45) is 1.05. The monoisotopic (exact) mass is 270 g/mol. The summed E-state index contributed by atoms with van der Waals surface area (Å²) in [5.41, 5.74) is 2.37. The molecule has 0 spiro atoms. The Labute approximate surface area is 120 Å². The van der Waals surface area contributed by atoms with Crippen molar-refractivity contribution in [1.82, 2.24) is 9.97 Å². The average molecular weight is 270 g/mol. The fourth-order valence-corrected chi connectivity index (χ4v) is 1.97. The van der Waals surface area contributed by atoms with Crippen molar-refractivity contribution in [2.24, 2.45) is 0 Å². The van der Waals surface area contributed by atoms with E-state index in [0.717, 1.165) is 29.6 Å². The van der Waals surface area contributed by atoms with E-state index in [1.165, 1.54) is 5.56 Å². The molecule has 0 fully saturated rings. The highest BCUT2D eigenvalue weighted by Crippen LogP contribution is 2.18. The molecule has 0 bridgehead atoms. The third-order valence-corrected chi connectivity index (χ3v) is 2.91. The second-order valence-corrected chi connectivity index (χ2v) is 5.16. The smallest absolute Gasteiger partial charge is 0.136 e. The third kappa shape index (κ3) is 3.95. The molecule has 0 aliphatic carbocycles. The summed E-state index contributed by atoms with van der Waals surface area (Å²) in [6.45, 7) is 8.24. The first-order chi connectivity index (χ1) is 9.56. The first kappa shape index (κ1) is 14.3. The van der Waals surface area contributed by atoms with Crippen LogP contribution in [0.25, 0.3) is 0 Å². The number of hydrogen-bond donors (Lipinski definition) is 2. The van der Waals surface area contributed by atoms with Gasteiger partial charge in [-0.2, -0.15) is 0 Å². The molecule has 2 aromatic rings. The molecule has 106 valence electrons. The molecular formula is C16H22N4. The lowest BCUT2D eigenvalue weighted by atomic mass is 10.1. The minimum absolute atomic E-state index is 0.348. The number of aromatic nitrogens is 2. The Bertz CT molecular complexity index is 561. The van der Waals surface area contributed by atoms with Crippen molar-refractivity contribution in [2.75, 3.05) is 10.6 Å². The highest BCUT2D eigenvalue weighted by atomic mass is 15.1. The fraction of sp³-hybridized carbons (Fsp3) is 0.375. The van der Waals surface area contributed by atoms with Crippen LogP contribution < -0.4 is 10.6 Å². The molecular weight excluding hydrogens is 248 g/mol. The van der Waals surface area contributed by atoms with Gasteiger partial charge >= 0.3 is 0 Å². The van der Waals surface area contributed by atoms with Crippen molar-refractivity contribution in [3.8, 4) is 0 Å². The molecule has 0 saturated heterocycles. The van der Waals surface area contributed by atoms with Gasteiger partial charge in [0.25, 0.3) is 0 Å². The van der Waals surface area contributed by atoms with Crippen LogP contribution in [0, 0.1) is 6.92 Å². The molecule has 1 heterocycles. The topological polar surface area (TPSA) is 49.8 Å².